The van der Waals surface area contributed by atoms with Crippen LogP contribution in [0.4, 0.5) is 8.78 Å². The first-order valence-electron chi connectivity index (χ1n) is 3.26. The maximum Gasteiger partial charge on any atom is 0.129 e. The Balaban J connectivity index is 3.00. The fraction of sp³-hybridized carbons (Fsp3) is 0.250. The topological polar surface area (TPSA) is 19.9 Å². The summed E-state index contributed by atoms with van der Waals surface area (Å²) in [7, 11) is 0. The van der Waals surface area contributed by atoms with Gasteiger partial charge in [-0.25, -0.2) is 13.9 Å². The van der Waals surface area contributed by atoms with Crippen LogP contribution < -0.4 is 0 Å². The van der Waals surface area contributed by atoms with E-state index in [1.165, 1.54) is 6.07 Å². The molecule has 1 aromatic rings. The number of halogens is 2. The third-order valence-corrected chi connectivity index (χ3v) is 1.41. The Morgan fingerprint density at radius 3 is 2.18 bits per heavy atom. The Hall–Kier alpha value is -0.960. The summed E-state index contributed by atoms with van der Waals surface area (Å²) in [4.78, 5) is 0. The molecule has 0 amide bonds. The van der Waals surface area contributed by atoms with E-state index in [9.17, 15) is 13.9 Å². The van der Waals surface area contributed by atoms with Gasteiger partial charge in [0.2, 0.25) is 0 Å². The first kappa shape index (κ1) is 8.14. The average Bonchev–Trinajstić information content (AvgIpc) is 1.97. The summed E-state index contributed by atoms with van der Waals surface area (Å²) in [6.45, 7) is -0.488. The second-order valence-corrected chi connectivity index (χ2v) is 2.15. The molecular formula is C8H7F2O. The van der Waals surface area contributed by atoms with Gasteiger partial charge in [-0.3, -0.25) is 0 Å². The quantitative estimate of drug-likeness (QED) is 0.625. The average molecular weight is 157 g/mol. The predicted molar refractivity (Wildman–Crippen MR) is 35.6 cm³/mol. The lowest BCUT2D eigenvalue weighted by Crippen LogP contribution is -1.97. The van der Waals surface area contributed by atoms with E-state index in [0.29, 0.717) is 0 Å². The van der Waals surface area contributed by atoms with Crippen molar-refractivity contribution in [1.29, 1.82) is 0 Å². The van der Waals surface area contributed by atoms with Crippen molar-refractivity contribution in [3.63, 3.8) is 0 Å². The molecule has 0 unspecified atom stereocenters. The number of benzene rings is 1. The first-order chi connectivity index (χ1) is 5.25. The summed E-state index contributed by atoms with van der Waals surface area (Å²) in [6.07, 6.45) is -0.0848. The summed E-state index contributed by atoms with van der Waals surface area (Å²) >= 11 is 0. The van der Waals surface area contributed by atoms with Gasteiger partial charge in [0.25, 0.3) is 0 Å². The Morgan fingerprint density at radius 1 is 1.18 bits per heavy atom. The minimum atomic E-state index is -0.638. The maximum atomic E-state index is 12.7. The Bertz CT molecular complexity index is 228. The lowest BCUT2D eigenvalue weighted by Gasteiger charge is -1.99. The molecule has 0 bridgehead atoms. The van der Waals surface area contributed by atoms with Crippen molar-refractivity contribution < 1.29 is 13.9 Å². The molecule has 0 aromatic heterocycles. The zero-order chi connectivity index (χ0) is 8.27. The normalized spacial score (nSPS) is 10.1. The number of hydrogen-bond acceptors (Lipinski definition) is 0. The molecule has 0 aliphatic carbocycles. The highest BCUT2D eigenvalue weighted by Gasteiger charge is 2.06. The van der Waals surface area contributed by atoms with Gasteiger partial charge in [-0.15, -0.1) is 0 Å². The van der Waals surface area contributed by atoms with E-state index in [1.807, 2.05) is 0 Å². The minimum absolute atomic E-state index is 0.0848. The van der Waals surface area contributed by atoms with Gasteiger partial charge >= 0.3 is 0 Å². The van der Waals surface area contributed by atoms with Gasteiger partial charge in [-0.2, -0.15) is 0 Å². The van der Waals surface area contributed by atoms with Crippen molar-refractivity contribution in [2.75, 3.05) is 6.61 Å². The second-order valence-electron chi connectivity index (χ2n) is 2.15. The number of hydrogen-bond donors (Lipinski definition) is 0. The summed E-state index contributed by atoms with van der Waals surface area (Å²) in [6, 6.07) is 3.57. The smallest absolute Gasteiger partial charge is 0.129 e. The van der Waals surface area contributed by atoms with Crippen LogP contribution in [0.2, 0.25) is 0 Å². The van der Waals surface area contributed by atoms with Crippen LogP contribution in [0.5, 0.6) is 0 Å². The lowest BCUT2D eigenvalue weighted by atomic mass is 10.1. The molecule has 3 heteroatoms. The summed E-state index contributed by atoms with van der Waals surface area (Å²) < 4.78 is 25.3. The van der Waals surface area contributed by atoms with Crippen LogP contribution in [0.25, 0.3) is 0 Å². The van der Waals surface area contributed by atoms with Crippen molar-refractivity contribution in [2.24, 2.45) is 0 Å². The monoisotopic (exact) mass is 157 g/mol. The highest BCUT2D eigenvalue weighted by molar-refractivity contribution is 5.19. The molecule has 11 heavy (non-hydrogen) atoms. The van der Waals surface area contributed by atoms with Crippen molar-refractivity contribution in [3.05, 3.63) is 35.4 Å². The van der Waals surface area contributed by atoms with Crippen LogP contribution in [0.3, 0.4) is 0 Å². The fourth-order valence-corrected chi connectivity index (χ4v) is 0.873. The third-order valence-electron chi connectivity index (χ3n) is 1.41. The first-order valence-corrected chi connectivity index (χ1v) is 3.26. The molecule has 0 spiro atoms. The highest BCUT2D eigenvalue weighted by atomic mass is 19.1. The van der Waals surface area contributed by atoms with Gasteiger partial charge in [0, 0.05) is 12.0 Å². The Labute approximate surface area is 63.3 Å². The van der Waals surface area contributed by atoms with Gasteiger partial charge < -0.3 is 0 Å². The molecule has 1 rings (SSSR count). The Kier molecular flexibility index (Phi) is 2.54. The molecule has 0 aliphatic heterocycles. The summed E-state index contributed by atoms with van der Waals surface area (Å²) in [5.74, 6) is -1.28. The lowest BCUT2D eigenvalue weighted by molar-refractivity contribution is 0.195. The molecule has 1 nitrogen and oxygen atoms in total. The molecular weight excluding hydrogens is 150 g/mol. The Morgan fingerprint density at radius 2 is 1.73 bits per heavy atom. The maximum absolute atomic E-state index is 12.7. The summed E-state index contributed by atoms with van der Waals surface area (Å²) in [5, 5.41) is 10.1. The van der Waals surface area contributed by atoms with Crippen LogP contribution >= 0.6 is 0 Å². The van der Waals surface area contributed by atoms with Gasteiger partial charge in [-0.05, 0) is 12.1 Å². The zero-order valence-electron chi connectivity index (χ0n) is 5.81. The van der Waals surface area contributed by atoms with Crippen LogP contribution in [-0.4, -0.2) is 6.61 Å². The second kappa shape index (κ2) is 3.44. The van der Waals surface area contributed by atoms with E-state index in [2.05, 4.69) is 0 Å². The van der Waals surface area contributed by atoms with Crippen molar-refractivity contribution in [1.82, 2.24) is 0 Å². The van der Waals surface area contributed by atoms with Crippen molar-refractivity contribution in [2.45, 2.75) is 6.42 Å². The van der Waals surface area contributed by atoms with Gasteiger partial charge in [0.15, 0.2) is 0 Å². The van der Waals surface area contributed by atoms with Crippen LogP contribution in [0.1, 0.15) is 5.56 Å². The van der Waals surface area contributed by atoms with Crippen molar-refractivity contribution >= 4 is 0 Å². The SMILES string of the molecule is [O]CCc1c(F)cccc1F. The van der Waals surface area contributed by atoms with Gasteiger partial charge in [0.1, 0.15) is 11.6 Å². The molecule has 0 atom stereocenters. The number of rotatable bonds is 2. The highest BCUT2D eigenvalue weighted by Crippen LogP contribution is 2.11. The minimum Gasteiger partial charge on any atom is -0.236 e. The summed E-state index contributed by atoms with van der Waals surface area (Å²) in [5.41, 5.74) is -0.109. The van der Waals surface area contributed by atoms with E-state index in [0.717, 1.165) is 12.1 Å². The molecule has 0 aliphatic rings. The van der Waals surface area contributed by atoms with Crippen LogP contribution in [0, 0.1) is 11.6 Å². The van der Waals surface area contributed by atoms with Gasteiger partial charge in [0.05, 0.1) is 6.61 Å². The van der Waals surface area contributed by atoms with Crippen LogP contribution in [0.15, 0.2) is 18.2 Å². The standard InChI is InChI=1S/C8H7F2O/c9-7-2-1-3-8(10)6(7)4-5-11/h1-3H,4-5H2. The van der Waals surface area contributed by atoms with E-state index < -0.39 is 18.2 Å². The molecule has 0 heterocycles. The van der Waals surface area contributed by atoms with E-state index >= 15 is 0 Å². The molecule has 0 N–H and O–H groups in total. The van der Waals surface area contributed by atoms with Crippen LogP contribution in [-0.2, 0) is 11.5 Å². The molecule has 59 valence electrons. The van der Waals surface area contributed by atoms with Crippen molar-refractivity contribution in [3.8, 4) is 0 Å². The molecule has 1 aromatic carbocycles. The molecule has 1 radical (unpaired) electrons. The van der Waals surface area contributed by atoms with E-state index in [4.69, 9.17) is 0 Å². The molecule has 0 saturated carbocycles. The largest absolute Gasteiger partial charge is 0.236 e. The third kappa shape index (κ3) is 1.74. The van der Waals surface area contributed by atoms with E-state index in [1.54, 1.807) is 0 Å². The van der Waals surface area contributed by atoms with Gasteiger partial charge in [-0.1, -0.05) is 6.07 Å². The molecule has 0 saturated heterocycles. The zero-order valence-corrected chi connectivity index (χ0v) is 5.81. The fourth-order valence-electron chi connectivity index (χ4n) is 0.873. The van der Waals surface area contributed by atoms with E-state index in [-0.39, 0.29) is 12.0 Å². The molecule has 0 fully saturated rings. The predicted octanol–water partition coefficient (Wildman–Crippen LogP) is 1.94.